The summed E-state index contributed by atoms with van der Waals surface area (Å²) < 4.78 is 1.24. The molecule has 2 unspecified atom stereocenters. The van der Waals surface area contributed by atoms with E-state index in [2.05, 4.69) is 141 Å². The van der Waals surface area contributed by atoms with E-state index < -0.39 is 40.6 Å². The number of hydrogen-bond acceptors (Lipinski definition) is 0. The Labute approximate surface area is 342 Å². The van der Waals surface area contributed by atoms with Crippen LogP contribution in [0, 0.1) is 6.92 Å². The van der Waals surface area contributed by atoms with Crippen LogP contribution in [0.25, 0.3) is 0 Å². The first-order chi connectivity index (χ1) is 24.3. The molecule has 271 valence electrons. The van der Waals surface area contributed by atoms with Crippen molar-refractivity contribution in [3.63, 3.8) is 0 Å². The average molecular weight is 984 g/mol. The Hall–Kier alpha value is -1.09. The molecule has 2 aromatic carbocycles. The van der Waals surface area contributed by atoms with Gasteiger partial charge in [0.1, 0.15) is 0 Å². The van der Waals surface area contributed by atoms with Gasteiger partial charge >= 0.3 is 326 Å². The first-order valence-corrected chi connectivity index (χ1v) is 37.6. The molecule has 0 bridgehead atoms. The number of benzene rings is 2. The zero-order valence-electron chi connectivity index (χ0n) is 32.6. The Balaban J connectivity index is 1.69. The van der Waals surface area contributed by atoms with E-state index in [1.54, 1.807) is 5.19 Å². The first-order valence-electron chi connectivity index (χ1n) is 18.4. The second-order valence-electron chi connectivity index (χ2n) is 17.0. The quantitative estimate of drug-likeness (QED) is 0.243. The van der Waals surface area contributed by atoms with Crippen LogP contribution in [0.2, 0.25) is 49.3 Å². The van der Waals surface area contributed by atoms with Crippen molar-refractivity contribution in [3.05, 3.63) is 147 Å². The average Bonchev–Trinajstić information content (AvgIpc) is 3.30. The number of rotatable bonds is 7. The summed E-state index contributed by atoms with van der Waals surface area (Å²) in [6.45, 7) is 25.8. The van der Waals surface area contributed by atoms with Crippen LogP contribution in [0.4, 0.5) is 0 Å². The summed E-state index contributed by atoms with van der Waals surface area (Å²) >= 11 is 11.0. The van der Waals surface area contributed by atoms with Crippen LogP contribution < -0.4 is 10.4 Å². The molecule has 6 rings (SSSR count). The van der Waals surface area contributed by atoms with Gasteiger partial charge in [0.25, 0.3) is 0 Å². The van der Waals surface area contributed by atoms with Gasteiger partial charge in [0.15, 0.2) is 0 Å². The van der Waals surface area contributed by atoms with Gasteiger partial charge in [0, 0.05) is 0 Å². The van der Waals surface area contributed by atoms with Crippen molar-refractivity contribution in [1.82, 2.24) is 0 Å². The third-order valence-corrected chi connectivity index (χ3v) is 24.2. The SMILES string of the molecule is CCc1cc(C2(C3=C(C)C=C4C3=CC=CCC4c3cc(Cl)c([Si](C)(C)C)c(Cl)c3)C(=[SiH2])C=CC=C3C(C)=C(C)[C]([Hf]([Cl])[Cl])=C32)cc(C)c1[Si](C)(C)C. The first kappa shape index (κ1) is 40.6. The van der Waals surface area contributed by atoms with E-state index >= 15 is 0 Å². The van der Waals surface area contributed by atoms with Crippen LogP contribution >= 0.6 is 40.4 Å². The minimum atomic E-state index is -3.23. The predicted molar refractivity (Wildman–Crippen MR) is 238 cm³/mol. The fourth-order valence-electron chi connectivity index (χ4n) is 9.51. The Bertz CT molecular complexity index is 2150. The number of aryl methyl sites for hydroxylation is 2. The Kier molecular flexibility index (Phi) is 11.5. The molecule has 0 fully saturated rings. The van der Waals surface area contributed by atoms with Crippen LogP contribution in [-0.4, -0.2) is 31.2 Å². The molecule has 8 heteroatoms. The van der Waals surface area contributed by atoms with Crippen LogP contribution in [0.5, 0.6) is 0 Å². The van der Waals surface area contributed by atoms with E-state index in [4.69, 9.17) is 40.4 Å². The molecule has 0 nitrogen and oxygen atoms in total. The van der Waals surface area contributed by atoms with Gasteiger partial charge in [-0.15, -0.1) is 0 Å². The van der Waals surface area contributed by atoms with E-state index in [0.717, 1.165) is 28.1 Å². The van der Waals surface area contributed by atoms with Crippen molar-refractivity contribution in [2.45, 2.75) is 98.1 Å². The molecule has 2 aromatic rings. The van der Waals surface area contributed by atoms with Crippen molar-refractivity contribution < 1.29 is 19.1 Å². The van der Waals surface area contributed by atoms with Gasteiger partial charge < -0.3 is 0 Å². The Morgan fingerprint density at radius 2 is 1.42 bits per heavy atom. The second kappa shape index (κ2) is 14.8. The topological polar surface area (TPSA) is 0 Å². The third kappa shape index (κ3) is 6.65. The van der Waals surface area contributed by atoms with Crippen molar-refractivity contribution in [2.75, 3.05) is 0 Å². The zero-order chi connectivity index (χ0) is 38.2. The molecule has 0 saturated heterocycles. The number of allylic oxidation sites excluding steroid dienone is 16. The molecule has 0 aromatic heterocycles. The molecule has 2 atom stereocenters. The molecule has 4 aliphatic rings. The van der Waals surface area contributed by atoms with E-state index in [0.29, 0.717) is 0 Å². The van der Waals surface area contributed by atoms with Gasteiger partial charge in [-0.3, -0.25) is 0 Å². The van der Waals surface area contributed by atoms with Crippen LogP contribution in [0.3, 0.4) is 0 Å². The molecule has 0 amide bonds. The molecule has 0 saturated carbocycles. The van der Waals surface area contributed by atoms with Crippen LogP contribution in [0.15, 0.2) is 115 Å². The van der Waals surface area contributed by atoms with Gasteiger partial charge in [-0.25, -0.2) is 0 Å². The van der Waals surface area contributed by atoms with Crippen molar-refractivity contribution in [1.29, 1.82) is 0 Å². The number of halogens is 4. The minimum absolute atomic E-state index is 0.105. The maximum absolute atomic E-state index is 7.30. The standard InChI is InChI=1S/C44H51Cl2Si3.2ClH.Hf/c1-12-30-23-32(20-28(4)42(30)48(6,7)8)44(37-22-26(2)29(5)33(37)18-15-19-40(44)47)41-27(3)21-36-34(16-13-14-17-35(36)41)31-24-38(45)43(39(46)25-31)49(9,10)11;;;/h13-15,17-21,23-25,34H,12,16,47H2,1-11H3;2*1H;/q;;;+2/p-2. The van der Waals surface area contributed by atoms with Gasteiger partial charge in [-0.05, 0) is 0 Å². The van der Waals surface area contributed by atoms with Crippen LogP contribution in [0.1, 0.15) is 62.3 Å². The summed E-state index contributed by atoms with van der Waals surface area (Å²) in [5.41, 5.74) is 15.1. The molecule has 0 N–H and O–H groups in total. The normalized spacial score (nSPS) is 22.0. The fraction of sp³-hybridized carbons (Fsp3) is 0.341. The zero-order valence-corrected chi connectivity index (χ0v) is 42.6. The van der Waals surface area contributed by atoms with E-state index in [-0.39, 0.29) is 5.92 Å². The molecular formula is C44H51Cl4HfSi3. The third-order valence-electron chi connectivity index (χ3n) is 11.5. The summed E-state index contributed by atoms with van der Waals surface area (Å²) in [6, 6.07) is 9.47. The molecule has 0 aliphatic heterocycles. The Morgan fingerprint density at radius 3 is 2.00 bits per heavy atom. The summed E-state index contributed by atoms with van der Waals surface area (Å²) in [5.74, 6) is 0.105. The number of fused-ring (bicyclic) bond motifs is 2. The second-order valence-corrected chi connectivity index (χ2v) is 40.0. The fourth-order valence-corrected chi connectivity index (χ4v) is 23.8. The van der Waals surface area contributed by atoms with Gasteiger partial charge in [0.2, 0.25) is 0 Å². The molecule has 0 heterocycles. The summed E-state index contributed by atoms with van der Waals surface area (Å²) in [5, 5.41) is 5.61. The van der Waals surface area contributed by atoms with Crippen molar-refractivity contribution in [3.8, 4) is 0 Å². The molecule has 52 heavy (non-hydrogen) atoms. The molecule has 0 spiro atoms. The Morgan fingerprint density at radius 1 is 0.808 bits per heavy atom. The molecular weight excluding hydrogens is 933 g/mol. The summed E-state index contributed by atoms with van der Waals surface area (Å²) in [4.78, 5) is 0. The van der Waals surface area contributed by atoms with Gasteiger partial charge in [-0.2, -0.15) is 0 Å². The molecule has 4 aliphatic carbocycles. The van der Waals surface area contributed by atoms with Crippen molar-refractivity contribution >= 4 is 81.9 Å². The van der Waals surface area contributed by atoms with E-state index in [1.165, 1.54) is 75.3 Å². The maximum atomic E-state index is 7.30. The monoisotopic (exact) mass is 983 g/mol. The van der Waals surface area contributed by atoms with Crippen LogP contribution in [-0.2, 0) is 30.9 Å². The summed E-state index contributed by atoms with van der Waals surface area (Å²) in [6.07, 6.45) is 18.2. The summed E-state index contributed by atoms with van der Waals surface area (Å²) in [7, 11) is 13.2. The van der Waals surface area contributed by atoms with Gasteiger partial charge in [0.05, 0.1) is 0 Å². The van der Waals surface area contributed by atoms with E-state index in [1.807, 2.05) is 9.85 Å². The van der Waals surface area contributed by atoms with Crippen molar-refractivity contribution in [2.24, 2.45) is 0 Å². The molecule has 0 radical (unpaired) electrons. The predicted octanol–water partition coefficient (Wildman–Crippen LogP) is 12.0. The van der Waals surface area contributed by atoms with Gasteiger partial charge in [-0.1, -0.05) is 19.6 Å². The van der Waals surface area contributed by atoms with E-state index in [9.17, 15) is 0 Å². The number of hydrogen-bond donors (Lipinski definition) is 0.